The van der Waals surface area contributed by atoms with E-state index in [1.807, 2.05) is 18.8 Å². The number of nitrogens with zero attached hydrogens (tertiary/aromatic N) is 2. The van der Waals surface area contributed by atoms with Crippen molar-refractivity contribution in [2.45, 2.75) is 20.3 Å². The minimum Gasteiger partial charge on any atom is -0.319 e. The molecule has 0 atom stereocenters. The van der Waals surface area contributed by atoms with Crippen molar-refractivity contribution in [1.82, 2.24) is 15.1 Å². The molecule has 1 aromatic heterocycles. The van der Waals surface area contributed by atoms with Gasteiger partial charge in [-0.15, -0.1) is 0 Å². The van der Waals surface area contributed by atoms with Crippen molar-refractivity contribution < 1.29 is 0 Å². The Morgan fingerprint density at radius 3 is 2.44 bits per heavy atom. The van der Waals surface area contributed by atoms with Gasteiger partial charge < -0.3 is 5.32 Å². The summed E-state index contributed by atoms with van der Waals surface area (Å²) in [4.78, 5) is 0. The third-order valence-electron chi connectivity index (χ3n) is 3.37. The van der Waals surface area contributed by atoms with Gasteiger partial charge in [-0.25, -0.2) is 0 Å². The quantitative estimate of drug-likeness (QED) is 0.894. The van der Waals surface area contributed by atoms with Crippen molar-refractivity contribution in [2.75, 3.05) is 13.6 Å². The smallest absolute Gasteiger partial charge is 0.0955 e. The molecule has 2 aromatic rings. The van der Waals surface area contributed by atoms with Crippen molar-refractivity contribution in [2.24, 2.45) is 7.05 Å². The van der Waals surface area contributed by atoms with Crippen LogP contribution in [0.2, 0.25) is 0 Å². The van der Waals surface area contributed by atoms with Crippen molar-refractivity contribution in [3.05, 3.63) is 41.1 Å². The maximum Gasteiger partial charge on any atom is 0.0955 e. The SMILES string of the molecule is CNCCc1c(C)c(-c2ccc(C)cc2)nn1C. The van der Waals surface area contributed by atoms with Crippen LogP contribution in [0, 0.1) is 13.8 Å². The van der Waals surface area contributed by atoms with E-state index in [2.05, 4.69) is 48.5 Å². The fourth-order valence-electron chi connectivity index (χ4n) is 2.24. The molecule has 0 radical (unpaired) electrons. The highest BCUT2D eigenvalue weighted by Crippen LogP contribution is 2.24. The van der Waals surface area contributed by atoms with Gasteiger partial charge in [0.15, 0.2) is 0 Å². The Kier molecular flexibility index (Phi) is 3.82. The van der Waals surface area contributed by atoms with Gasteiger partial charge in [-0.2, -0.15) is 5.10 Å². The molecule has 1 heterocycles. The van der Waals surface area contributed by atoms with Crippen molar-refractivity contribution in [3.8, 4) is 11.3 Å². The molecule has 0 unspecified atom stereocenters. The summed E-state index contributed by atoms with van der Waals surface area (Å²) in [5.74, 6) is 0. The molecule has 3 nitrogen and oxygen atoms in total. The van der Waals surface area contributed by atoms with Crippen molar-refractivity contribution >= 4 is 0 Å². The van der Waals surface area contributed by atoms with Crippen LogP contribution in [-0.4, -0.2) is 23.4 Å². The monoisotopic (exact) mass is 243 g/mol. The zero-order chi connectivity index (χ0) is 13.1. The van der Waals surface area contributed by atoms with Gasteiger partial charge in [0.25, 0.3) is 0 Å². The molecule has 1 N–H and O–H groups in total. The van der Waals surface area contributed by atoms with Crippen LogP contribution >= 0.6 is 0 Å². The first kappa shape index (κ1) is 12.8. The standard InChI is InChI=1S/C15H21N3/c1-11-5-7-13(8-6-11)15-12(2)14(9-10-16-3)18(4)17-15/h5-8,16H,9-10H2,1-4H3. The van der Waals surface area contributed by atoms with E-state index in [4.69, 9.17) is 0 Å². The minimum atomic E-state index is 0.980. The lowest BCUT2D eigenvalue weighted by Gasteiger charge is -2.03. The highest BCUT2D eigenvalue weighted by Gasteiger charge is 2.13. The Morgan fingerprint density at radius 1 is 1.17 bits per heavy atom. The number of nitrogens with one attached hydrogen (secondary N) is 1. The Bertz CT molecular complexity index is 523. The van der Waals surface area contributed by atoms with Gasteiger partial charge in [0.05, 0.1) is 5.69 Å². The van der Waals surface area contributed by atoms with Gasteiger partial charge in [-0.05, 0) is 26.5 Å². The lowest BCUT2D eigenvalue weighted by molar-refractivity contribution is 0.680. The van der Waals surface area contributed by atoms with Gasteiger partial charge in [0.2, 0.25) is 0 Å². The summed E-state index contributed by atoms with van der Waals surface area (Å²) in [5, 5.41) is 7.84. The highest BCUT2D eigenvalue weighted by atomic mass is 15.3. The number of aryl methyl sites for hydroxylation is 2. The first-order valence-corrected chi connectivity index (χ1v) is 6.37. The predicted octanol–water partition coefficient (Wildman–Crippen LogP) is 2.47. The molecule has 0 fully saturated rings. The third kappa shape index (κ3) is 2.46. The van der Waals surface area contributed by atoms with E-state index in [0.717, 1.165) is 18.7 Å². The summed E-state index contributed by atoms with van der Waals surface area (Å²) in [6, 6.07) is 8.56. The third-order valence-corrected chi connectivity index (χ3v) is 3.37. The largest absolute Gasteiger partial charge is 0.319 e. The Morgan fingerprint density at radius 2 is 1.83 bits per heavy atom. The van der Waals surface area contributed by atoms with Gasteiger partial charge in [-0.1, -0.05) is 29.8 Å². The van der Waals surface area contributed by atoms with Crippen molar-refractivity contribution in [3.63, 3.8) is 0 Å². The number of rotatable bonds is 4. The Balaban J connectivity index is 2.37. The van der Waals surface area contributed by atoms with Crippen LogP contribution in [0.5, 0.6) is 0 Å². The molecule has 0 saturated heterocycles. The number of aromatic nitrogens is 2. The average molecular weight is 243 g/mol. The van der Waals surface area contributed by atoms with Crippen LogP contribution in [0.15, 0.2) is 24.3 Å². The summed E-state index contributed by atoms with van der Waals surface area (Å²) >= 11 is 0. The second-order valence-corrected chi connectivity index (χ2v) is 4.76. The molecule has 0 aliphatic heterocycles. The van der Waals surface area contributed by atoms with Crippen LogP contribution in [0.1, 0.15) is 16.8 Å². The second kappa shape index (κ2) is 5.36. The van der Waals surface area contributed by atoms with E-state index in [0.29, 0.717) is 0 Å². The topological polar surface area (TPSA) is 29.9 Å². The van der Waals surface area contributed by atoms with E-state index in [1.54, 1.807) is 0 Å². The van der Waals surface area contributed by atoms with E-state index >= 15 is 0 Å². The van der Waals surface area contributed by atoms with Crippen LogP contribution in [0.3, 0.4) is 0 Å². The first-order chi connectivity index (χ1) is 8.63. The Labute approximate surface area is 109 Å². The molecule has 0 saturated carbocycles. The maximum atomic E-state index is 4.65. The molecular weight excluding hydrogens is 222 g/mol. The summed E-state index contributed by atoms with van der Waals surface area (Å²) in [5.41, 5.74) is 6.17. The molecule has 0 bridgehead atoms. The van der Waals surface area contributed by atoms with Crippen molar-refractivity contribution in [1.29, 1.82) is 0 Å². The van der Waals surface area contributed by atoms with Crippen LogP contribution in [-0.2, 0) is 13.5 Å². The van der Waals surface area contributed by atoms with Crippen LogP contribution in [0.4, 0.5) is 0 Å². The normalized spacial score (nSPS) is 10.9. The fourth-order valence-corrected chi connectivity index (χ4v) is 2.24. The van der Waals surface area contributed by atoms with E-state index in [-0.39, 0.29) is 0 Å². The number of likely N-dealkylation sites (N-methyl/N-ethyl adjacent to an activating group) is 1. The average Bonchev–Trinajstić information content (AvgIpc) is 2.64. The number of benzene rings is 1. The van der Waals surface area contributed by atoms with Gasteiger partial charge in [-0.3, -0.25) is 4.68 Å². The second-order valence-electron chi connectivity index (χ2n) is 4.76. The maximum absolute atomic E-state index is 4.65. The molecular formula is C15H21N3. The minimum absolute atomic E-state index is 0.980. The molecule has 0 aliphatic rings. The molecule has 0 aliphatic carbocycles. The fraction of sp³-hybridized carbons (Fsp3) is 0.400. The van der Waals surface area contributed by atoms with Crippen LogP contribution < -0.4 is 5.32 Å². The molecule has 96 valence electrons. The summed E-state index contributed by atoms with van der Waals surface area (Å²) in [7, 11) is 4.00. The van der Waals surface area contributed by atoms with E-state index < -0.39 is 0 Å². The molecule has 0 spiro atoms. The Hall–Kier alpha value is -1.61. The predicted molar refractivity (Wildman–Crippen MR) is 75.7 cm³/mol. The van der Waals surface area contributed by atoms with Gasteiger partial charge in [0.1, 0.15) is 0 Å². The number of hydrogen-bond acceptors (Lipinski definition) is 2. The van der Waals surface area contributed by atoms with E-state index in [1.165, 1.54) is 22.4 Å². The first-order valence-electron chi connectivity index (χ1n) is 6.37. The summed E-state index contributed by atoms with van der Waals surface area (Å²) in [6.45, 7) is 5.24. The lowest BCUT2D eigenvalue weighted by atomic mass is 10.0. The highest BCUT2D eigenvalue weighted by molar-refractivity contribution is 5.64. The molecule has 2 rings (SSSR count). The molecule has 3 heteroatoms. The van der Waals surface area contributed by atoms with E-state index in [9.17, 15) is 0 Å². The zero-order valence-electron chi connectivity index (χ0n) is 11.6. The van der Waals surface area contributed by atoms with Crippen LogP contribution in [0.25, 0.3) is 11.3 Å². The molecule has 18 heavy (non-hydrogen) atoms. The summed E-state index contributed by atoms with van der Waals surface area (Å²) < 4.78 is 2.00. The molecule has 1 aromatic carbocycles. The lowest BCUT2D eigenvalue weighted by Crippen LogP contribution is -2.13. The van der Waals surface area contributed by atoms with Gasteiger partial charge >= 0.3 is 0 Å². The van der Waals surface area contributed by atoms with Gasteiger partial charge in [0, 0.05) is 31.3 Å². The summed E-state index contributed by atoms with van der Waals surface area (Å²) in [6.07, 6.45) is 1.01. The molecule has 0 amide bonds. The zero-order valence-corrected chi connectivity index (χ0v) is 11.6. The number of hydrogen-bond donors (Lipinski definition) is 1.